The fraction of sp³-hybridized carbons (Fsp3) is 0.619. The van der Waals surface area contributed by atoms with E-state index in [-0.39, 0.29) is 5.41 Å². The van der Waals surface area contributed by atoms with Crippen LogP contribution in [0, 0.1) is 0 Å². The van der Waals surface area contributed by atoms with E-state index in [9.17, 15) is 9.59 Å². The van der Waals surface area contributed by atoms with Gasteiger partial charge in [-0.2, -0.15) is 0 Å². The molecule has 0 aromatic heterocycles. The summed E-state index contributed by atoms with van der Waals surface area (Å²) >= 11 is 0. The van der Waals surface area contributed by atoms with Gasteiger partial charge in [-0.1, -0.05) is 78.4 Å². The van der Waals surface area contributed by atoms with Gasteiger partial charge in [0, 0.05) is 12.2 Å². The summed E-state index contributed by atoms with van der Waals surface area (Å²) in [5.74, 6) is -1.17. The number of nitrogens with one attached hydrogen (secondary N) is 2. The van der Waals surface area contributed by atoms with Crippen molar-refractivity contribution < 1.29 is 9.59 Å². The van der Waals surface area contributed by atoms with Crippen molar-refractivity contribution in [3.8, 4) is 0 Å². The van der Waals surface area contributed by atoms with Gasteiger partial charge in [-0.25, -0.2) is 0 Å². The third kappa shape index (κ3) is 8.71. The summed E-state index contributed by atoms with van der Waals surface area (Å²) in [5.41, 5.74) is 1.90. The lowest BCUT2D eigenvalue weighted by atomic mass is 9.87. The highest BCUT2D eigenvalue weighted by Crippen LogP contribution is 2.23. The Morgan fingerprint density at radius 3 is 1.96 bits per heavy atom. The minimum absolute atomic E-state index is 0.0659. The smallest absolute Gasteiger partial charge is 0.313 e. The summed E-state index contributed by atoms with van der Waals surface area (Å²) in [6, 6.07) is 7.63. The Bertz CT molecular complexity index is 530. The van der Waals surface area contributed by atoms with E-state index in [1.54, 1.807) is 0 Å². The molecule has 0 aliphatic carbocycles. The van der Waals surface area contributed by atoms with E-state index in [2.05, 4.69) is 38.3 Å². The number of hydrogen-bond acceptors (Lipinski definition) is 2. The number of amides is 2. The minimum atomic E-state index is -0.605. The van der Waals surface area contributed by atoms with Crippen LogP contribution in [0.25, 0.3) is 0 Å². The molecule has 4 nitrogen and oxygen atoms in total. The van der Waals surface area contributed by atoms with Crippen molar-refractivity contribution in [3.63, 3.8) is 0 Å². The minimum Gasteiger partial charge on any atom is -0.348 e. The predicted octanol–water partition coefficient (Wildman–Crippen LogP) is 4.79. The zero-order chi connectivity index (χ0) is 18.7. The normalized spacial score (nSPS) is 11.2. The SMILES string of the molecule is CCCCCCCCCNC(=O)C(=O)Nc1ccc(C(C)(C)C)cc1. The highest BCUT2D eigenvalue weighted by atomic mass is 16.2. The van der Waals surface area contributed by atoms with Crippen LogP contribution in [0.5, 0.6) is 0 Å². The fourth-order valence-corrected chi connectivity index (χ4v) is 2.61. The predicted molar refractivity (Wildman–Crippen MR) is 105 cm³/mol. The van der Waals surface area contributed by atoms with Gasteiger partial charge in [0.05, 0.1) is 0 Å². The first-order chi connectivity index (χ1) is 11.8. The van der Waals surface area contributed by atoms with Crippen LogP contribution >= 0.6 is 0 Å². The topological polar surface area (TPSA) is 58.2 Å². The number of unbranched alkanes of at least 4 members (excludes halogenated alkanes) is 6. The molecule has 0 saturated heterocycles. The molecule has 0 spiro atoms. The van der Waals surface area contributed by atoms with Gasteiger partial charge in [-0.15, -0.1) is 0 Å². The van der Waals surface area contributed by atoms with Crippen LogP contribution in [0.15, 0.2) is 24.3 Å². The second-order valence-electron chi connectivity index (χ2n) is 7.66. The van der Waals surface area contributed by atoms with Gasteiger partial charge in [0.2, 0.25) is 0 Å². The van der Waals surface area contributed by atoms with Gasteiger partial charge in [0.25, 0.3) is 0 Å². The number of hydrogen-bond donors (Lipinski definition) is 2. The Morgan fingerprint density at radius 2 is 1.40 bits per heavy atom. The lowest BCUT2D eigenvalue weighted by molar-refractivity contribution is -0.136. The molecule has 0 heterocycles. The Labute approximate surface area is 152 Å². The van der Waals surface area contributed by atoms with Crippen molar-refractivity contribution in [1.82, 2.24) is 5.32 Å². The van der Waals surface area contributed by atoms with Crippen LogP contribution in [0.2, 0.25) is 0 Å². The molecule has 2 amide bonds. The van der Waals surface area contributed by atoms with Crippen molar-refractivity contribution in [1.29, 1.82) is 0 Å². The van der Waals surface area contributed by atoms with Gasteiger partial charge >= 0.3 is 11.8 Å². The summed E-state index contributed by atoms with van der Waals surface area (Å²) in [4.78, 5) is 23.7. The third-order valence-electron chi connectivity index (χ3n) is 4.28. The zero-order valence-electron chi connectivity index (χ0n) is 16.3. The van der Waals surface area contributed by atoms with Gasteiger partial charge in [-0.05, 0) is 29.5 Å². The molecule has 0 saturated carbocycles. The summed E-state index contributed by atoms with van der Waals surface area (Å²) < 4.78 is 0. The zero-order valence-corrected chi connectivity index (χ0v) is 16.3. The average molecular weight is 347 g/mol. The molecule has 1 rings (SSSR count). The molecule has 1 aromatic rings. The molecular weight excluding hydrogens is 312 g/mol. The van der Waals surface area contributed by atoms with Gasteiger partial charge in [0.1, 0.15) is 0 Å². The molecule has 0 unspecified atom stereocenters. The number of benzene rings is 1. The van der Waals surface area contributed by atoms with Gasteiger partial charge in [-0.3, -0.25) is 9.59 Å². The molecule has 0 fully saturated rings. The van der Waals surface area contributed by atoms with Crippen molar-refractivity contribution in [2.75, 3.05) is 11.9 Å². The van der Waals surface area contributed by atoms with Crippen LogP contribution in [-0.2, 0) is 15.0 Å². The standard InChI is InChI=1S/C21H34N2O2/c1-5-6-7-8-9-10-11-16-22-19(24)20(25)23-18-14-12-17(13-15-18)21(2,3)4/h12-15H,5-11,16H2,1-4H3,(H,22,24)(H,23,25). The summed E-state index contributed by atoms with van der Waals surface area (Å²) in [5, 5.41) is 5.33. The second-order valence-corrected chi connectivity index (χ2v) is 7.66. The van der Waals surface area contributed by atoms with E-state index in [0.29, 0.717) is 12.2 Å². The Balaban J connectivity index is 2.25. The van der Waals surface area contributed by atoms with Crippen LogP contribution < -0.4 is 10.6 Å². The molecule has 0 aliphatic heterocycles. The van der Waals surface area contributed by atoms with Gasteiger partial charge in [0.15, 0.2) is 0 Å². The Morgan fingerprint density at radius 1 is 0.840 bits per heavy atom. The number of rotatable bonds is 9. The molecular formula is C21H34N2O2. The Hall–Kier alpha value is -1.84. The first kappa shape index (κ1) is 21.2. The molecule has 0 atom stereocenters. The van der Waals surface area contributed by atoms with Crippen LogP contribution in [0.3, 0.4) is 0 Å². The van der Waals surface area contributed by atoms with E-state index in [4.69, 9.17) is 0 Å². The molecule has 1 aromatic carbocycles. The van der Waals surface area contributed by atoms with Crippen molar-refractivity contribution >= 4 is 17.5 Å². The van der Waals surface area contributed by atoms with Crippen molar-refractivity contribution in [2.24, 2.45) is 0 Å². The number of anilines is 1. The fourth-order valence-electron chi connectivity index (χ4n) is 2.61. The van der Waals surface area contributed by atoms with E-state index >= 15 is 0 Å². The lowest BCUT2D eigenvalue weighted by Crippen LogP contribution is -2.35. The molecule has 0 bridgehead atoms. The van der Waals surface area contributed by atoms with Crippen LogP contribution in [-0.4, -0.2) is 18.4 Å². The highest BCUT2D eigenvalue weighted by Gasteiger charge is 2.15. The molecule has 0 radical (unpaired) electrons. The largest absolute Gasteiger partial charge is 0.348 e. The van der Waals surface area contributed by atoms with E-state index in [1.165, 1.54) is 37.7 Å². The van der Waals surface area contributed by atoms with Crippen LogP contribution in [0.1, 0.15) is 78.2 Å². The lowest BCUT2D eigenvalue weighted by Gasteiger charge is -2.19. The molecule has 140 valence electrons. The maximum atomic E-state index is 11.9. The maximum Gasteiger partial charge on any atom is 0.313 e. The van der Waals surface area contributed by atoms with Crippen molar-refractivity contribution in [2.45, 2.75) is 78.1 Å². The van der Waals surface area contributed by atoms with E-state index < -0.39 is 11.8 Å². The van der Waals surface area contributed by atoms with E-state index in [0.717, 1.165) is 12.8 Å². The third-order valence-corrected chi connectivity index (χ3v) is 4.28. The first-order valence-corrected chi connectivity index (χ1v) is 9.54. The number of carbonyl (C=O) groups is 2. The molecule has 25 heavy (non-hydrogen) atoms. The summed E-state index contributed by atoms with van der Waals surface area (Å²) in [6.07, 6.45) is 8.32. The second kappa shape index (κ2) is 10.9. The first-order valence-electron chi connectivity index (χ1n) is 9.54. The number of carbonyl (C=O) groups excluding carboxylic acids is 2. The molecule has 0 aliphatic rings. The molecule has 4 heteroatoms. The van der Waals surface area contributed by atoms with E-state index in [1.807, 2.05) is 24.3 Å². The average Bonchev–Trinajstić information content (AvgIpc) is 2.56. The van der Waals surface area contributed by atoms with Crippen molar-refractivity contribution in [3.05, 3.63) is 29.8 Å². The summed E-state index contributed by atoms with van der Waals surface area (Å²) in [6.45, 7) is 9.18. The van der Waals surface area contributed by atoms with Crippen LogP contribution in [0.4, 0.5) is 5.69 Å². The van der Waals surface area contributed by atoms with Gasteiger partial charge < -0.3 is 10.6 Å². The Kier molecular flexibility index (Phi) is 9.25. The monoisotopic (exact) mass is 346 g/mol. The summed E-state index contributed by atoms with van der Waals surface area (Å²) in [7, 11) is 0. The quantitative estimate of drug-likeness (QED) is 0.499. The molecule has 2 N–H and O–H groups in total. The highest BCUT2D eigenvalue weighted by molar-refractivity contribution is 6.39. The maximum absolute atomic E-state index is 11.9.